The average molecular weight is 464 g/mol. The summed E-state index contributed by atoms with van der Waals surface area (Å²) < 4.78 is 8.37. The van der Waals surface area contributed by atoms with Crippen molar-refractivity contribution in [3.63, 3.8) is 0 Å². The number of aromatic nitrogens is 4. The first kappa shape index (κ1) is 20.1. The number of rotatable bonds is 6. The van der Waals surface area contributed by atoms with Crippen molar-refractivity contribution in [2.75, 3.05) is 12.4 Å². The largest absolute Gasteiger partial charge is 0.495 e. The van der Waals surface area contributed by atoms with Gasteiger partial charge in [0.1, 0.15) is 11.8 Å². The first-order chi connectivity index (χ1) is 14.6. The lowest BCUT2D eigenvalue weighted by Gasteiger charge is -2.22. The second kappa shape index (κ2) is 8.67. The maximum absolute atomic E-state index is 5.54. The molecule has 152 valence electrons. The number of hydrogen-bond acceptors (Lipinski definition) is 5. The van der Waals surface area contributed by atoms with Crippen LogP contribution in [-0.2, 0) is 0 Å². The summed E-state index contributed by atoms with van der Waals surface area (Å²) in [6.45, 7) is 4.13. The predicted octanol–water partition coefficient (Wildman–Crippen LogP) is 5.25. The second-order valence-electron chi connectivity index (χ2n) is 7.02. The van der Waals surface area contributed by atoms with E-state index >= 15 is 0 Å². The molecule has 1 atom stereocenters. The molecule has 4 aromatic rings. The van der Waals surface area contributed by atoms with E-state index in [1.54, 1.807) is 7.11 Å². The van der Waals surface area contributed by atoms with Crippen LogP contribution in [0, 0.1) is 13.8 Å². The molecule has 0 saturated carbocycles. The molecule has 0 aliphatic rings. The van der Waals surface area contributed by atoms with Gasteiger partial charge in [-0.05, 0) is 65.2 Å². The standard InChI is InChI=1S/C23H22BrN5O/c1-15-7-6-8-16(2)22(15)29-23(26-27-28-29)21(17-11-13-18(24)14-12-17)25-19-9-4-5-10-20(19)30-3/h4-14,21,25H,1-3H3/t21-/m1/s1. The van der Waals surface area contributed by atoms with Crippen LogP contribution in [0.2, 0.25) is 0 Å². The van der Waals surface area contributed by atoms with Gasteiger partial charge in [0.05, 0.1) is 18.5 Å². The fourth-order valence-corrected chi connectivity index (χ4v) is 3.81. The summed E-state index contributed by atoms with van der Waals surface area (Å²) in [7, 11) is 1.66. The molecule has 1 aromatic heterocycles. The minimum Gasteiger partial charge on any atom is -0.495 e. The molecule has 7 heteroatoms. The Labute approximate surface area is 184 Å². The smallest absolute Gasteiger partial charge is 0.183 e. The molecule has 0 aliphatic carbocycles. The molecule has 0 spiro atoms. The molecule has 0 saturated heterocycles. The lowest BCUT2D eigenvalue weighted by molar-refractivity contribution is 0.416. The van der Waals surface area contributed by atoms with E-state index < -0.39 is 0 Å². The van der Waals surface area contributed by atoms with Crippen molar-refractivity contribution in [3.05, 3.63) is 93.7 Å². The number of halogens is 1. The number of hydrogen-bond donors (Lipinski definition) is 1. The molecule has 0 amide bonds. The van der Waals surface area contributed by atoms with Crippen LogP contribution >= 0.6 is 15.9 Å². The van der Waals surface area contributed by atoms with Gasteiger partial charge in [0, 0.05) is 4.47 Å². The normalized spacial score (nSPS) is 11.9. The summed E-state index contributed by atoms with van der Waals surface area (Å²) in [6, 6.07) is 21.8. The minimum atomic E-state index is -0.289. The minimum absolute atomic E-state index is 0.289. The van der Waals surface area contributed by atoms with Crippen molar-refractivity contribution in [1.29, 1.82) is 0 Å². The number of anilines is 1. The van der Waals surface area contributed by atoms with E-state index in [1.807, 2.05) is 47.1 Å². The van der Waals surface area contributed by atoms with E-state index in [0.29, 0.717) is 5.82 Å². The van der Waals surface area contributed by atoms with Crippen LogP contribution in [0.15, 0.2) is 71.2 Å². The Morgan fingerprint density at radius 1 is 0.933 bits per heavy atom. The zero-order chi connectivity index (χ0) is 21.1. The van der Waals surface area contributed by atoms with Gasteiger partial charge < -0.3 is 10.1 Å². The second-order valence-corrected chi connectivity index (χ2v) is 7.93. The van der Waals surface area contributed by atoms with E-state index in [-0.39, 0.29) is 6.04 Å². The fourth-order valence-electron chi connectivity index (χ4n) is 3.54. The molecule has 30 heavy (non-hydrogen) atoms. The number of aryl methyl sites for hydroxylation is 2. The Kier molecular flexibility index (Phi) is 5.81. The van der Waals surface area contributed by atoms with Crippen molar-refractivity contribution < 1.29 is 4.74 Å². The van der Waals surface area contributed by atoms with Crippen LogP contribution in [0.4, 0.5) is 5.69 Å². The van der Waals surface area contributed by atoms with Gasteiger partial charge in [0.2, 0.25) is 0 Å². The van der Waals surface area contributed by atoms with E-state index in [0.717, 1.165) is 38.3 Å². The number of benzene rings is 3. The molecule has 1 heterocycles. The van der Waals surface area contributed by atoms with E-state index in [2.05, 4.69) is 74.9 Å². The summed E-state index contributed by atoms with van der Waals surface area (Å²) in [4.78, 5) is 0. The highest BCUT2D eigenvalue weighted by Gasteiger charge is 2.24. The highest BCUT2D eigenvalue weighted by molar-refractivity contribution is 9.10. The van der Waals surface area contributed by atoms with Crippen molar-refractivity contribution in [2.45, 2.75) is 19.9 Å². The Morgan fingerprint density at radius 2 is 1.63 bits per heavy atom. The number of para-hydroxylation sites is 3. The highest BCUT2D eigenvalue weighted by atomic mass is 79.9. The Bertz CT molecular complexity index is 1140. The fraction of sp³-hybridized carbons (Fsp3) is 0.174. The van der Waals surface area contributed by atoms with Gasteiger partial charge in [0.25, 0.3) is 0 Å². The van der Waals surface area contributed by atoms with Crippen LogP contribution in [0.3, 0.4) is 0 Å². The number of tetrazole rings is 1. The summed E-state index contributed by atoms with van der Waals surface area (Å²) >= 11 is 3.52. The van der Waals surface area contributed by atoms with Crippen molar-refractivity contribution in [1.82, 2.24) is 20.2 Å². The molecular weight excluding hydrogens is 442 g/mol. The molecular formula is C23H22BrN5O. The maximum Gasteiger partial charge on any atom is 0.183 e. The number of nitrogens with one attached hydrogen (secondary N) is 1. The molecule has 1 N–H and O–H groups in total. The van der Waals surface area contributed by atoms with Gasteiger partial charge in [-0.3, -0.25) is 0 Å². The molecule has 0 fully saturated rings. The van der Waals surface area contributed by atoms with Gasteiger partial charge in [-0.15, -0.1) is 5.10 Å². The number of ether oxygens (including phenoxy) is 1. The third-order valence-electron chi connectivity index (χ3n) is 5.01. The van der Waals surface area contributed by atoms with Crippen LogP contribution in [0.1, 0.15) is 28.6 Å². The quantitative estimate of drug-likeness (QED) is 0.422. The van der Waals surface area contributed by atoms with Gasteiger partial charge in [-0.1, -0.05) is 58.4 Å². The van der Waals surface area contributed by atoms with Crippen molar-refractivity contribution in [3.8, 4) is 11.4 Å². The SMILES string of the molecule is COc1ccccc1N[C@H](c1ccc(Br)cc1)c1nnnn1-c1c(C)cccc1C. The zero-order valence-corrected chi connectivity index (χ0v) is 18.6. The maximum atomic E-state index is 5.54. The van der Waals surface area contributed by atoms with Gasteiger partial charge in [-0.25, -0.2) is 0 Å². The Balaban J connectivity index is 1.86. The summed E-state index contributed by atoms with van der Waals surface area (Å²) in [5.41, 5.74) is 5.10. The molecule has 0 bridgehead atoms. The van der Waals surface area contributed by atoms with Crippen LogP contribution < -0.4 is 10.1 Å². The monoisotopic (exact) mass is 463 g/mol. The van der Waals surface area contributed by atoms with Crippen LogP contribution in [-0.4, -0.2) is 27.3 Å². The van der Waals surface area contributed by atoms with Gasteiger partial charge in [-0.2, -0.15) is 4.68 Å². The van der Waals surface area contributed by atoms with E-state index in [1.165, 1.54) is 0 Å². The summed E-state index contributed by atoms with van der Waals surface area (Å²) in [6.07, 6.45) is 0. The van der Waals surface area contributed by atoms with Gasteiger partial charge in [0.15, 0.2) is 5.82 Å². The molecule has 3 aromatic carbocycles. The third-order valence-corrected chi connectivity index (χ3v) is 5.54. The Morgan fingerprint density at radius 3 is 2.33 bits per heavy atom. The molecule has 0 aliphatic heterocycles. The summed E-state index contributed by atoms with van der Waals surface area (Å²) in [5, 5.41) is 16.3. The summed E-state index contributed by atoms with van der Waals surface area (Å²) in [5.74, 6) is 1.45. The predicted molar refractivity (Wildman–Crippen MR) is 121 cm³/mol. The topological polar surface area (TPSA) is 64.9 Å². The first-order valence-corrected chi connectivity index (χ1v) is 10.4. The van der Waals surface area contributed by atoms with E-state index in [9.17, 15) is 0 Å². The molecule has 4 rings (SSSR count). The number of nitrogens with zero attached hydrogens (tertiary/aromatic N) is 4. The lowest BCUT2D eigenvalue weighted by Crippen LogP contribution is -2.19. The number of methoxy groups -OCH3 is 1. The van der Waals surface area contributed by atoms with Crippen molar-refractivity contribution in [2.24, 2.45) is 0 Å². The lowest BCUT2D eigenvalue weighted by atomic mass is 10.0. The van der Waals surface area contributed by atoms with Crippen LogP contribution in [0.25, 0.3) is 5.69 Å². The molecule has 0 unspecified atom stereocenters. The van der Waals surface area contributed by atoms with E-state index in [4.69, 9.17) is 4.74 Å². The van der Waals surface area contributed by atoms with Crippen LogP contribution in [0.5, 0.6) is 5.75 Å². The van der Waals surface area contributed by atoms with Crippen molar-refractivity contribution >= 4 is 21.6 Å². The molecule has 0 radical (unpaired) electrons. The zero-order valence-electron chi connectivity index (χ0n) is 17.0. The molecule has 6 nitrogen and oxygen atoms in total. The highest BCUT2D eigenvalue weighted by Crippen LogP contribution is 2.32. The average Bonchev–Trinajstić information content (AvgIpc) is 3.22. The Hall–Kier alpha value is -3.19. The third kappa shape index (κ3) is 3.93. The van der Waals surface area contributed by atoms with Gasteiger partial charge >= 0.3 is 0 Å². The first-order valence-electron chi connectivity index (χ1n) is 9.58.